The largest absolute Gasteiger partial charge is 0.389 e. The molecule has 19 heavy (non-hydrogen) atoms. The van der Waals surface area contributed by atoms with Crippen LogP contribution in [0.15, 0.2) is 24.3 Å². The van der Waals surface area contributed by atoms with Gasteiger partial charge < -0.3 is 15.4 Å². The number of ether oxygens (including phenoxy) is 1. The van der Waals surface area contributed by atoms with Gasteiger partial charge in [0.15, 0.2) is 0 Å². The second kappa shape index (κ2) is 7.86. The van der Waals surface area contributed by atoms with Gasteiger partial charge in [-0.25, -0.2) is 0 Å². The minimum atomic E-state index is 0.0720. The number of hydrogen-bond donors (Lipinski definition) is 1. The fourth-order valence-corrected chi connectivity index (χ4v) is 1.77. The fraction of sp³-hybridized carbons (Fsp3) is 0.429. The molecule has 0 unspecified atom stereocenters. The van der Waals surface area contributed by atoms with Gasteiger partial charge in [-0.2, -0.15) is 0 Å². The summed E-state index contributed by atoms with van der Waals surface area (Å²) >= 11 is 4.89. The highest BCUT2D eigenvalue weighted by Crippen LogP contribution is 2.15. The lowest BCUT2D eigenvalue weighted by molar-refractivity contribution is -0.118. The topological polar surface area (TPSA) is 55.6 Å². The number of thiocarbonyl (C=S) groups is 1. The molecule has 0 atom stereocenters. The van der Waals surface area contributed by atoms with E-state index in [9.17, 15) is 4.79 Å². The third-order valence-corrected chi connectivity index (χ3v) is 3.03. The molecule has 2 N–H and O–H groups in total. The van der Waals surface area contributed by atoms with E-state index < -0.39 is 0 Å². The van der Waals surface area contributed by atoms with Crippen LogP contribution in [0.4, 0.5) is 5.69 Å². The van der Waals surface area contributed by atoms with Crippen molar-refractivity contribution in [1.29, 1.82) is 0 Å². The number of anilines is 1. The Morgan fingerprint density at radius 2 is 2.00 bits per heavy atom. The van der Waals surface area contributed by atoms with Crippen LogP contribution in [-0.4, -0.2) is 31.2 Å². The second-order valence-corrected chi connectivity index (χ2v) is 4.60. The van der Waals surface area contributed by atoms with Crippen molar-refractivity contribution in [3.8, 4) is 0 Å². The van der Waals surface area contributed by atoms with E-state index in [0.29, 0.717) is 24.6 Å². The van der Waals surface area contributed by atoms with Gasteiger partial charge in [0.05, 0.1) is 0 Å². The Hall–Kier alpha value is -1.46. The number of carbonyl (C=O) groups is 1. The first kappa shape index (κ1) is 15.6. The maximum atomic E-state index is 11.9. The lowest BCUT2D eigenvalue weighted by Crippen LogP contribution is -2.26. The Bertz CT molecular complexity index is 432. The fourth-order valence-electron chi connectivity index (χ4n) is 1.63. The molecule has 0 saturated heterocycles. The first-order chi connectivity index (χ1) is 9.06. The van der Waals surface area contributed by atoms with Crippen LogP contribution in [0.25, 0.3) is 0 Å². The minimum absolute atomic E-state index is 0.0720. The zero-order valence-corrected chi connectivity index (χ0v) is 12.2. The summed E-state index contributed by atoms with van der Waals surface area (Å²) in [6.07, 6.45) is 1.22. The van der Waals surface area contributed by atoms with E-state index in [1.54, 1.807) is 11.9 Å². The predicted molar refractivity (Wildman–Crippen MR) is 81.5 cm³/mol. The van der Waals surface area contributed by atoms with Crippen LogP contribution in [0.5, 0.6) is 0 Å². The van der Waals surface area contributed by atoms with E-state index in [4.69, 9.17) is 22.7 Å². The molecule has 104 valence electrons. The van der Waals surface area contributed by atoms with Gasteiger partial charge in [0.1, 0.15) is 4.99 Å². The van der Waals surface area contributed by atoms with Gasteiger partial charge in [0.2, 0.25) is 5.91 Å². The van der Waals surface area contributed by atoms with Gasteiger partial charge in [0.25, 0.3) is 0 Å². The summed E-state index contributed by atoms with van der Waals surface area (Å²) in [5.74, 6) is 0.0720. The summed E-state index contributed by atoms with van der Waals surface area (Å²) < 4.78 is 5.21. The van der Waals surface area contributed by atoms with Crippen LogP contribution in [0, 0.1) is 0 Å². The molecule has 0 saturated carbocycles. The minimum Gasteiger partial charge on any atom is -0.389 e. The molecule has 0 radical (unpaired) electrons. The Labute approximate surface area is 119 Å². The number of carbonyl (C=O) groups excluding carboxylic acids is 1. The lowest BCUT2D eigenvalue weighted by atomic mass is 10.2. The van der Waals surface area contributed by atoms with E-state index in [1.807, 2.05) is 31.2 Å². The highest BCUT2D eigenvalue weighted by atomic mass is 32.1. The number of amides is 1. The first-order valence-corrected chi connectivity index (χ1v) is 6.71. The number of benzene rings is 1. The summed E-state index contributed by atoms with van der Waals surface area (Å²) in [4.78, 5) is 13.9. The molecule has 0 bridgehead atoms. The van der Waals surface area contributed by atoms with Gasteiger partial charge in [-0.05, 0) is 37.6 Å². The molecule has 1 aromatic carbocycles. The zero-order chi connectivity index (χ0) is 14.3. The molecule has 0 aliphatic heterocycles. The van der Waals surface area contributed by atoms with Crippen molar-refractivity contribution in [2.45, 2.75) is 19.8 Å². The smallest absolute Gasteiger partial charge is 0.226 e. The summed E-state index contributed by atoms with van der Waals surface area (Å²) in [5, 5.41) is 0. The molecular formula is C14H20N2O2S. The average Bonchev–Trinajstić information content (AvgIpc) is 2.42. The van der Waals surface area contributed by atoms with Crippen molar-refractivity contribution in [3.05, 3.63) is 29.8 Å². The molecule has 0 aliphatic rings. The van der Waals surface area contributed by atoms with Gasteiger partial charge in [0, 0.05) is 37.9 Å². The van der Waals surface area contributed by atoms with Crippen LogP contribution in [0.2, 0.25) is 0 Å². The van der Waals surface area contributed by atoms with Crippen molar-refractivity contribution in [3.63, 3.8) is 0 Å². The summed E-state index contributed by atoms with van der Waals surface area (Å²) in [6, 6.07) is 7.33. The number of nitrogens with two attached hydrogens (primary N) is 1. The molecule has 5 heteroatoms. The molecule has 1 amide bonds. The van der Waals surface area contributed by atoms with E-state index in [2.05, 4.69) is 0 Å². The highest BCUT2D eigenvalue weighted by molar-refractivity contribution is 7.80. The molecule has 0 aliphatic carbocycles. The maximum Gasteiger partial charge on any atom is 0.226 e. The van der Waals surface area contributed by atoms with E-state index in [0.717, 1.165) is 17.7 Å². The zero-order valence-electron chi connectivity index (χ0n) is 11.4. The molecule has 4 nitrogen and oxygen atoms in total. The van der Waals surface area contributed by atoms with Crippen LogP contribution in [0.1, 0.15) is 25.3 Å². The van der Waals surface area contributed by atoms with Crippen molar-refractivity contribution >= 4 is 28.8 Å². The number of nitrogens with zero attached hydrogens (tertiary/aromatic N) is 1. The quantitative estimate of drug-likeness (QED) is 0.614. The molecule has 1 aromatic rings. The molecule has 0 heterocycles. The second-order valence-electron chi connectivity index (χ2n) is 4.16. The Morgan fingerprint density at radius 1 is 1.37 bits per heavy atom. The van der Waals surface area contributed by atoms with Crippen molar-refractivity contribution < 1.29 is 9.53 Å². The number of hydrogen-bond acceptors (Lipinski definition) is 3. The van der Waals surface area contributed by atoms with Crippen molar-refractivity contribution in [2.75, 3.05) is 25.2 Å². The van der Waals surface area contributed by atoms with Crippen LogP contribution in [0.3, 0.4) is 0 Å². The normalized spacial score (nSPS) is 10.2. The average molecular weight is 280 g/mol. The molecule has 0 spiro atoms. The van der Waals surface area contributed by atoms with E-state index >= 15 is 0 Å². The third kappa shape index (κ3) is 4.96. The summed E-state index contributed by atoms with van der Waals surface area (Å²) in [5.41, 5.74) is 7.17. The lowest BCUT2D eigenvalue weighted by Gasteiger charge is -2.17. The predicted octanol–water partition coefficient (Wildman–Crippen LogP) is 2.10. The molecule has 0 aromatic heterocycles. The SMILES string of the molecule is CCOCCCC(=O)N(C)c1ccc(C(N)=S)cc1. The number of rotatable bonds is 7. The monoisotopic (exact) mass is 280 g/mol. The summed E-state index contributed by atoms with van der Waals surface area (Å²) in [6.45, 7) is 3.25. The van der Waals surface area contributed by atoms with Gasteiger partial charge in [-0.1, -0.05) is 12.2 Å². The van der Waals surface area contributed by atoms with Crippen LogP contribution >= 0.6 is 12.2 Å². The van der Waals surface area contributed by atoms with E-state index in [-0.39, 0.29) is 5.91 Å². The molecular weight excluding hydrogens is 260 g/mol. The van der Waals surface area contributed by atoms with E-state index in [1.165, 1.54) is 0 Å². The van der Waals surface area contributed by atoms with Gasteiger partial charge in [-0.3, -0.25) is 4.79 Å². The Balaban J connectivity index is 2.54. The van der Waals surface area contributed by atoms with Gasteiger partial charge >= 0.3 is 0 Å². The van der Waals surface area contributed by atoms with Crippen molar-refractivity contribution in [1.82, 2.24) is 0 Å². The Morgan fingerprint density at radius 3 is 2.53 bits per heavy atom. The third-order valence-electron chi connectivity index (χ3n) is 2.80. The van der Waals surface area contributed by atoms with Crippen LogP contribution < -0.4 is 10.6 Å². The maximum absolute atomic E-state index is 11.9. The standard InChI is InChI=1S/C14H20N2O2S/c1-3-18-10-4-5-13(17)16(2)12-8-6-11(7-9-12)14(15)19/h6-9H,3-5,10H2,1-2H3,(H2,15,19). The van der Waals surface area contributed by atoms with Gasteiger partial charge in [-0.15, -0.1) is 0 Å². The van der Waals surface area contributed by atoms with Crippen LogP contribution in [-0.2, 0) is 9.53 Å². The molecule has 0 fully saturated rings. The first-order valence-electron chi connectivity index (χ1n) is 6.30. The highest BCUT2D eigenvalue weighted by Gasteiger charge is 2.10. The summed E-state index contributed by atoms with van der Waals surface area (Å²) in [7, 11) is 1.76. The van der Waals surface area contributed by atoms with Crippen molar-refractivity contribution in [2.24, 2.45) is 5.73 Å². The molecule has 1 rings (SSSR count). The Kier molecular flexibility index (Phi) is 6.45.